The zero-order valence-corrected chi connectivity index (χ0v) is 10.0. The van der Waals surface area contributed by atoms with Crippen LogP contribution in [0.5, 0.6) is 0 Å². The first kappa shape index (κ1) is 12.5. The second-order valence-corrected chi connectivity index (χ2v) is 4.82. The largest absolute Gasteiger partial charge is 0.469 e. The van der Waals surface area contributed by atoms with Gasteiger partial charge in [0.05, 0.1) is 19.1 Å². The fourth-order valence-electron chi connectivity index (χ4n) is 1.79. The summed E-state index contributed by atoms with van der Waals surface area (Å²) in [6, 6.07) is 0. The average Bonchev–Trinajstić information content (AvgIpc) is 2.13. The molecule has 0 N–H and O–H groups in total. The molecule has 0 heterocycles. The quantitative estimate of drug-likeness (QED) is 0.637. The van der Waals surface area contributed by atoms with E-state index in [0.29, 0.717) is 12.3 Å². The molecule has 0 bridgehead atoms. The Hall–Kier alpha value is -0.570. The molecule has 88 valence electrons. The van der Waals surface area contributed by atoms with E-state index >= 15 is 0 Å². The second kappa shape index (κ2) is 5.50. The maximum atomic E-state index is 11.2. The molecule has 0 unspecified atom stereocenters. The van der Waals surface area contributed by atoms with E-state index in [1.807, 2.05) is 0 Å². The van der Waals surface area contributed by atoms with Crippen molar-refractivity contribution in [2.24, 2.45) is 5.92 Å². The lowest BCUT2D eigenvalue weighted by molar-refractivity contribution is -0.158. The Balaban J connectivity index is 2.30. The number of ether oxygens (including phenoxy) is 2. The van der Waals surface area contributed by atoms with Crippen molar-refractivity contribution in [2.75, 3.05) is 13.7 Å². The monoisotopic (exact) mass is 214 g/mol. The van der Waals surface area contributed by atoms with Crippen LogP contribution in [0.1, 0.15) is 46.0 Å². The average molecular weight is 214 g/mol. The van der Waals surface area contributed by atoms with Crippen LogP contribution < -0.4 is 0 Å². The van der Waals surface area contributed by atoms with E-state index in [1.165, 1.54) is 13.5 Å². The number of hydrogen-bond donors (Lipinski definition) is 0. The molecule has 0 spiro atoms. The first-order valence-electron chi connectivity index (χ1n) is 5.79. The summed E-state index contributed by atoms with van der Waals surface area (Å²) >= 11 is 0. The topological polar surface area (TPSA) is 35.5 Å². The molecule has 0 radical (unpaired) electrons. The standard InChI is InChI=1S/C12H22O3/c1-10(2)5-8-15-12(6-4-7-12)9-11(13)14-3/h10H,4-9H2,1-3H3. The summed E-state index contributed by atoms with van der Waals surface area (Å²) in [6.07, 6.45) is 4.64. The van der Waals surface area contributed by atoms with Gasteiger partial charge in [-0.2, -0.15) is 0 Å². The number of hydrogen-bond acceptors (Lipinski definition) is 3. The van der Waals surface area contributed by atoms with E-state index in [1.54, 1.807) is 0 Å². The second-order valence-electron chi connectivity index (χ2n) is 4.82. The van der Waals surface area contributed by atoms with Gasteiger partial charge in [-0.15, -0.1) is 0 Å². The summed E-state index contributed by atoms with van der Waals surface area (Å²) < 4.78 is 10.5. The molecular formula is C12H22O3. The summed E-state index contributed by atoms with van der Waals surface area (Å²) in [6.45, 7) is 5.11. The predicted octanol–water partition coefficient (Wildman–Crippen LogP) is 2.53. The minimum absolute atomic E-state index is 0.153. The first-order chi connectivity index (χ1) is 7.08. The van der Waals surface area contributed by atoms with E-state index in [2.05, 4.69) is 13.8 Å². The van der Waals surface area contributed by atoms with Gasteiger partial charge in [0.1, 0.15) is 0 Å². The summed E-state index contributed by atoms with van der Waals surface area (Å²) in [5, 5.41) is 0. The molecule has 1 saturated carbocycles. The van der Waals surface area contributed by atoms with Gasteiger partial charge in [-0.1, -0.05) is 13.8 Å². The Morgan fingerprint density at radius 1 is 1.40 bits per heavy atom. The predicted molar refractivity (Wildman–Crippen MR) is 58.6 cm³/mol. The van der Waals surface area contributed by atoms with Crippen molar-refractivity contribution >= 4 is 5.97 Å². The minimum Gasteiger partial charge on any atom is -0.469 e. The van der Waals surface area contributed by atoms with Gasteiger partial charge in [0.15, 0.2) is 0 Å². The number of carbonyl (C=O) groups excluding carboxylic acids is 1. The molecule has 0 aromatic carbocycles. The highest BCUT2D eigenvalue weighted by atomic mass is 16.5. The molecule has 0 aliphatic heterocycles. The normalized spacial score (nSPS) is 18.7. The van der Waals surface area contributed by atoms with Gasteiger partial charge in [0.25, 0.3) is 0 Å². The van der Waals surface area contributed by atoms with Crippen LogP contribution in [-0.2, 0) is 14.3 Å². The molecule has 1 aliphatic rings. The smallest absolute Gasteiger partial charge is 0.308 e. The third-order valence-electron chi connectivity index (χ3n) is 3.06. The lowest BCUT2D eigenvalue weighted by Crippen LogP contribution is -2.42. The molecule has 15 heavy (non-hydrogen) atoms. The fraction of sp³-hybridized carbons (Fsp3) is 0.917. The van der Waals surface area contributed by atoms with Crippen LogP contribution in [0, 0.1) is 5.92 Å². The Labute approximate surface area is 92.1 Å². The van der Waals surface area contributed by atoms with E-state index in [4.69, 9.17) is 9.47 Å². The Morgan fingerprint density at radius 2 is 2.07 bits per heavy atom. The SMILES string of the molecule is COC(=O)CC1(OCCC(C)C)CCC1. The molecule has 0 saturated heterocycles. The summed E-state index contributed by atoms with van der Waals surface area (Å²) in [5.41, 5.74) is -0.192. The van der Waals surface area contributed by atoms with Crippen LogP contribution in [0.25, 0.3) is 0 Å². The third kappa shape index (κ3) is 3.82. The van der Waals surface area contributed by atoms with Gasteiger partial charge in [-0.05, 0) is 31.6 Å². The molecule has 3 heteroatoms. The van der Waals surface area contributed by atoms with Crippen molar-refractivity contribution < 1.29 is 14.3 Å². The van der Waals surface area contributed by atoms with Crippen LogP contribution in [0.2, 0.25) is 0 Å². The van der Waals surface area contributed by atoms with Gasteiger partial charge >= 0.3 is 5.97 Å². The number of rotatable bonds is 6. The molecule has 1 fully saturated rings. The van der Waals surface area contributed by atoms with Crippen molar-refractivity contribution in [1.82, 2.24) is 0 Å². The highest BCUT2D eigenvalue weighted by molar-refractivity contribution is 5.70. The summed E-state index contributed by atoms with van der Waals surface area (Å²) in [5.74, 6) is 0.500. The molecule has 1 aliphatic carbocycles. The molecule has 0 amide bonds. The molecule has 1 rings (SSSR count). The number of esters is 1. The van der Waals surface area contributed by atoms with Crippen molar-refractivity contribution in [3.63, 3.8) is 0 Å². The van der Waals surface area contributed by atoms with Crippen molar-refractivity contribution in [2.45, 2.75) is 51.6 Å². The van der Waals surface area contributed by atoms with Crippen LogP contribution >= 0.6 is 0 Å². The summed E-state index contributed by atoms with van der Waals surface area (Å²) in [7, 11) is 1.43. The highest BCUT2D eigenvalue weighted by Crippen LogP contribution is 2.39. The van der Waals surface area contributed by atoms with Crippen molar-refractivity contribution in [3.8, 4) is 0 Å². The van der Waals surface area contributed by atoms with Crippen molar-refractivity contribution in [1.29, 1.82) is 0 Å². The van der Waals surface area contributed by atoms with Crippen LogP contribution in [-0.4, -0.2) is 25.3 Å². The fourth-order valence-corrected chi connectivity index (χ4v) is 1.79. The minimum atomic E-state index is -0.192. The van der Waals surface area contributed by atoms with E-state index in [9.17, 15) is 4.79 Å². The van der Waals surface area contributed by atoms with Crippen LogP contribution in [0.15, 0.2) is 0 Å². The molecule has 0 aromatic rings. The van der Waals surface area contributed by atoms with E-state index in [-0.39, 0.29) is 11.6 Å². The highest BCUT2D eigenvalue weighted by Gasteiger charge is 2.40. The zero-order valence-electron chi connectivity index (χ0n) is 10.0. The van der Waals surface area contributed by atoms with E-state index < -0.39 is 0 Å². The molecular weight excluding hydrogens is 192 g/mol. The molecule has 0 atom stereocenters. The number of methoxy groups -OCH3 is 1. The lowest BCUT2D eigenvalue weighted by Gasteiger charge is -2.41. The zero-order chi connectivity index (χ0) is 11.3. The van der Waals surface area contributed by atoms with Crippen molar-refractivity contribution in [3.05, 3.63) is 0 Å². The number of carbonyl (C=O) groups is 1. The molecule has 3 nitrogen and oxygen atoms in total. The van der Waals surface area contributed by atoms with Gasteiger partial charge in [-0.3, -0.25) is 4.79 Å². The first-order valence-corrected chi connectivity index (χ1v) is 5.79. The van der Waals surface area contributed by atoms with Gasteiger partial charge < -0.3 is 9.47 Å². The molecule has 0 aromatic heterocycles. The Bertz CT molecular complexity index is 207. The Kier molecular flexibility index (Phi) is 4.58. The lowest BCUT2D eigenvalue weighted by atomic mass is 9.77. The van der Waals surface area contributed by atoms with Gasteiger partial charge in [-0.25, -0.2) is 0 Å². The van der Waals surface area contributed by atoms with Crippen LogP contribution in [0.4, 0.5) is 0 Å². The third-order valence-corrected chi connectivity index (χ3v) is 3.06. The Morgan fingerprint density at radius 3 is 2.47 bits per heavy atom. The summed E-state index contributed by atoms with van der Waals surface area (Å²) in [4.78, 5) is 11.2. The maximum absolute atomic E-state index is 11.2. The van der Waals surface area contributed by atoms with E-state index in [0.717, 1.165) is 25.9 Å². The van der Waals surface area contributed by atoms with Gasteiger partial charge in [0, 0.05) is 6.61 Å². The van der Waals surface area contributed by atoms with Crippen LogP contribution in [0.3, 0.4) is 0 Å². The van der Waals surface area contributed by atoms with Gasteiger partial charge in [0.2, 0.25) is 0 Å². The maximum Gasteiger partial charge on any atom is 0.308 e.